The molecule has 0 aromatic heterocycles. The number of rotatable bonds is 8. The Morgan fingerprint density at radius 3 is 1.88 bits per heavy atom. The molecule has 16 heavy (non-hydrogen) atoms. The summed E-state index contributed by atoms with van der Waals surface area (Å²) in [6, 6.07) is 0.629. The molecule has 0 unspecified atom stereocenters. The molecule has 0 bridgehead atoms. The Morgan fingerprint density at radius 1 is 1.06 bits per heavy atom. The van der Waals surface area contributed by atoms with E-state index in [0.29, 0.717) is 12.6 Å². The van der Waals surface area contributed by atoms with Crippen LogP contribution in [0.2, 0.25) is 0 Å². The van der Waals surface area contributed by atoms with Crippen molar-refractivity contribution in [1.82, 2.24) is 5.32 Å². The molecule has 0 radical (unpaired) electrons. The van der Waals surface area contributed by atoms with Crippen molar-refractivity contribution in [3.63, 3.8) is 0 Å². The third kappa shape index (κ3) is 4.84. The second-order valence-corrected chi connectivity index (χ2v) is 6.50. The zero-order valence-corrected chi connectivity index (χ0v) is 11.4. The lowest BCUT2D eigenvalue weighted by Gasteiger charge is -2.25. The molecule has 1 aliphatic rings. The molecule has 0 spiro atoms. The van der Waals surface area contributed by atoms with Gasteiger partial charge in [-0.2, -0.15) is 0 Å². The van der Waals surface area contributed by atoms with Gasteiger partial charge in [-0.05, 0) is 37.5 Å². The molecular weight excluding hydrogens is 198 g/mol. The number of nitrogens with one attached hydrogen (secondary N) is 1. The van der Waals surface area contributed by atoms with Gasteiger partial charge in [0.2, 0.25) is 0 Å². The van der Waals surface area contributed by atoms with Gasteiger partial charge in [-0.1, -0.05) is 27.7 Å². The molecule has 0 saturated heterocycles. The molecule has 1 saturated carbocycles. The van der Waals surface area contributed by atoms with Gasteiger partial charge >= 0.3 is 0 Å². The Hall–Kier alpha value is -0.0800. The summed E-state index contributed by atoms with van der Waals surface area (Å²) in [6.07, 6.45) is 4.90. The van der Waals surface area contributed by atoms with Crippen LogP contribution < -0.4 is 5.32 Å². The van der Waals surface area contributed by atoms with Crippen molar-refractivity contribution in [1.29, 1.82) is 0 Å². The molecule has 1 fully saturated rings. The van der Waals surface area contributed by atoms with Crippen LogP contribution in [-0.2, 0) is 0 Å². The van der Waals surface area contributed by atoms with Crippen molar-refractivity contribution in [2.45, 2.75) is 59.4 Å². The van der Waals surface area contributed by atoms with Crippen molar-refractivity contribution >= 4 is 0 Å². The fraction of sp³-hybridized carbons (Fsp3) is 1.00. The van der Waals surface area contributed by atoms with Crippen molar-refractivity contribution < 1.29 is 5.11 Å². The summed E-state index contributed by atoms with van der Waals surface area (Å²) in [5.74, 6) is 1.50. The van der Waals surface area contributed by atoms with E-state index in [1.165, 1.54) is 25.7 Å². The average Bonchev–Trinajstić information content (AvgIpc) is 2.93. The number of hydrogen-bond donors (Lipinski definition) is 2. The summed E-state index contributed by atoms with van der Waals surface area (Å²) < 4.78 is 0. The van der Waals surface area contributed by atoms with Gasteiger partial charge < -0.3 is 10.4 Å². The van der Waals surface area contributed by atoms with Crippen molar-refractivity contribution in [2.24, 2.45) is 17.3 Å². The molecule has 96 valence electrons. The van der Waals surface area contributed by atoms with Crippen LogP contribution >= 0.6 is 0 Å². The van der Waals surface area contributed by atoms with Gasteiger partial charge in [-0.25, -0.2) is 0 Å². The second kappa shape index (κ2) is 6.02. The Bertz CT molecular complexity index is 187. The van der Waals surface area contributed by atoms with Crippen LogP contribution in [0.5, 0.6) is 0 Å². The Balaban J connectivity index is 2.31. The monoisotopic (exact) mass is 227 g/mol. The lowest BCUT2D eigenvalue weighted by atomic mass is 9.95. The highest BCUT2D eigenvalue weighted by Crippen LogP contribution is 2.44. The van der Waals surface area contributed by atoms with Crippen LogP contribution in [-0.4, -0.2) is 24.3 Å². The van der Waals surface area contributed by atoms with Gasteiger partial charge in [0.1, 0.15) is 0 Å². The van der Waals surface area contributed by atoms with E-state index < -0.39 is 0 Å². The summed E-state index contributed by atoms with van der Waals surface area (Å²) in [4.78, 5) is 0. The standard InChI is InChI=1S/C14H29NO/c1-11(2)7-13(8-12(3)4)15-9-14(10-16)5-6-14/h11-13,15-16H,5-10H2,1-4H3. The number of aliphatic hydroxyl groups excluding tert-OH is 1. The summed E-state index contributed by atoms with van der Waals surface area (Å²) in [5, 5.41) is 13.0. The molecule has 0 atom stereocenters. The first kappa shape index (κ1) is 14.0. The largest absolute Gasteiger partial charge is 0.396 e. The summed E-state index contributed by atoms with van der Waals surface area (Å²) in [6.45, 7) is 10.5. The topological polar surface area (TPSA) is 32.3 Å². The third-order valence-corrected chi connectivity index (χ3v) is 3.57. The summed E-state index contributed by atoms with van der Waals surface area (Å²) >= 11 is 0. The fourth-order valence-corrected chi connectivity index (χ4v) is 2.33. The van der Waals surface area contributed by atoms with Crippen molar-refractivity contribution in [3.05, 3.63) is 0 Å². The van der Waals surface area contributed by atoms with Gasteiger partial charge in [0.05, 0.1) is 0 Å². The predicted molar refractivity (Wildman–Crippen MR) is 69.5 cm³/mol. The molecular formula is C14H29NO. The molecule has 2 heteroatoms. The maximum absolute atomic E-state index is 9.29. The second-order valence-electron chi connectivity index (χ2n) is 6.50. The fourth-order valence-electron chi connectivity index (χ4n) is 2.33. The molecule has 1 rings (SSSR count). The minimum Gasteiger partial charge on any atom is -0.396 e. The predicted octanol–water partition coefficient (Wildman–Crippen LogP) is 2.81. The van der Waals surface area contributed by atoms with Crippen LogP contribution in [0.1, 0.15) is 53.4 Å². The molecule has 0 aromatic carbocycles. The summed E-state index contributed by atoms with van der Waals surface area (Å²) in [7, 11) is 0. The molecule has 0 heterocycles. The van der Waals surface area contributed by atoms with E-state index in [9.17, 15) is 5.11 Å². The van der Waals surface area contributed by atoms with Gasteiger partial charge in [0.25, 0.3) is 0 Å². The van der Waals surface area contributed by atoms with Crippen LogP contribution in [0.15, 0.2) is 0 Å². The first-order chi connectivity index (χ1) is 7.47. The highest BCUT2D eigenvalue weighted by molar-refractivity contribution is 4.95. The van der Waals surface area contributed by atoms with Crippen LogP contribution in [0, 0.1) is 17.3 Å². The smallest absolute Gasteiger partial charge is 0.0499 e. The van der Waals surface area contributed by atoms with E-state index >= 15 is 0 Å². The maximum atomic E-state index is 9.29. The highest BCUT2D eigenvalue weighted by Gasteiger charge is 2.41. The van der Waals surface area contributed by atoms with E-state index in [0.717, 1.165) is 18.4 Å². The third-order valence-electron chi connectivity index (χ3n) is 3.57. The van der Waals surface area contributed by atoms with Gasteiger partial charge in [-0.15, -0.1) is 0 Å². The molecule has 1 aliphatic carbocycles. The SMILES string of the molecule is CC(C)CC(CC(C)C)NCC1(CO)CC1. The highest BCUT2D eigenvalue weighted by atomic mass is 16.3. The zero-order chi connectivity index (χ0) is 12.2. The minimum absolute atomic E-state index is 0.242. The van der Waals surface area contributed by atoms with Crippen molar-refractivity contribution in [3.8, 4) is 0 Å². The molecule has 0 aliphatic heterocycles. The average molecular weight is 227 g/mol. The van der Waals surface area contributed by atoms with E-state index in [1.54, 1.807) is 0 Å². The van der Waals surface area contributed by atoms with E-state index in [1.807, 2.05) is 0 Å². The Kier molecular flexibility index (Phi) is 5.26. The van der Waals surface area contributed by atoms with Crippen LogP contribution in [0.25, 0.3) is 0 Å². The van der Waals surface area contributed by atoms with E-state index in [2.05, 4.69) is 33.0 Å². The quantitative estimate of drug-likeness (QED) is 0.668. The molecule has 2 N–H and O–H groups in total. The number of hydrogen-bond acceptors (Lipinski definition) is 2. The van der Waals surface area contributed by atoms with Gasteiger partial charge in [-0.3, -0.25) is 0 Å². The first-order valence-electron chi connectivity index (χ1n) is 6.82. The molecule has 0 amide bonds. The Labute approximate surface area is 101 Å². The van der Waals surface area contributed by atoms with Gasteiger partial charge in [0.15, 0.2) is 0 Å². The molecule has 2 nitrogen and oxygen atoms in total. The Morgan fingerprint density at radius 2 is 1.56 bits per heavy atom. The zero-order valence-electron chi connectivity index (χ0n) is 11.4. The summed E-state index contributed by atoms with van der Waals surface area (Å²) in [5.41, 5.74) is 0.242. The minimum atomic E-state index is 0.242. The molecule has 0 aromatic rings. The van der Waals surface area contributed by atoms with E-state index in [4.69, 9.17) is 0 Å². The van der Waals surface area contributed by atoms with Crippen molar-refractivity contribution in [2.75, 3.05) is 13.2 Å². The maximum Gasteiger partial charge on any atom is 0.0499 e. The lowest BCUT2D eigenvalue weighted by Crippen LogP contribution is -2.37. The van der Waals surface area contributed by atoms with E-state index in [-0.39, 0.29) is 5.41 Å². The van der Waals surface area contributed by atoms with Crippen LogP contribution in [0.3, 0.4) is 0 Å². The number of aliphatic hydroxyl groups is 1. The first-order valence-corrected chi connectivity index (χ1v) is 6.82. The lowest BCUT2D eigenvalue weighted by molar-refractivity contribution is 0.199. The van der Waals surface area contributed by atoms with Gasteiger partial charge in [0, 0.05) is 24.6 Å². The van der Waals surface area contributed by atoms with Crippen LogP contribution in [0.4, 0.5) is 0 Å². The normalized spacial score (nSPS) is 18.8.